The van der Waals surface area contributed by atoms with E-state index in [1.165, 1.54) is 4.88 Å². The molecule has 7 heteroatoms. The summed E-state index contributed by atoms with van der Waals surface area (Å²) < 4.78 is 0. The lowest BCUT2D eigenvalue weighted by Crippen LogP contribution is -2.39. The van der Waals surface area contributed by atoms with Gasteiger partial charge < -0.3 is 10.4 Å². The van der Waals surface area contributed by atoms with Gasteiger partial charge in [-0.15, -0.1) is 23.7 Å². The van der Waals surface area contributed by atoms with Crippen molar-refractivity contribution in [2.24, 2.45) is 0 Å². The maximum Gasteiger partial charge on any atom is 0.322 e. The van der Waals surface area contributed by atoms with Gasteiger partial charge in [-0.25, -0.2) is 0 Å². The molecule has 0 atom stereocenters. The van der Waals surface area contributed by atoms with Crippen LogP contribution in [0.5, 0.6) is 0 Å². The summed E-state index contributed by atoms with van der Waals surface area (Å²) in [6.45, 7) is 0.731. The van der Waals surface area contributed by atoms with Gasteiger partial charge in [0.1, 0.15) is 6.54 Å². The van der Waals surface area contributed by atoms with Crippen LogP contribution in [0.3, 0.4) is 0 Å². The number of aliphatic carboxylic acids is 1. The molecule has 1 aliphatic carbocycles. The van der Waals surface area contributed by atoms with E-state index in [1.807, 2.05) is 11.4 Å². The predicted octanol–water partition coefficient (Wildman–Crippen LogP) is 1.34. The molecule has 5 nitrogen and oxygen atoms in total. The van der Waals surface area contributed by atoms with E-state index in [2.05, 4.69) is 16.3 Å². The van der Waals surface area contributed by atoms with Crippen molar-refractivity contribution in [3.8, 4) is 0 Å². The molecule has 1 aliphatic rings. The van der Waals surface area contributed by atoms with Gasteiger partial charge in [0, 0.05) is 17.5 Å². The number of carbonyl (C=O) groups excluding carboxylic acids is 1. The molecule has 0 saturated heterocycles. The standard InChI is InChI=1S/C12H16N2O3S.ClH/c15-11(13-6-12(16)17)8-14(9-3-4-9)7-10-2-1-5-18-10;/h1-2,5,9H,3-4,6-8H2,(H,13,15)(H,16,17);1H. The zero-order valence-electron chi connectivity index (χ0n) is 10.4. The van der Waals surface area contributed by atoms with E-state index in [1.54, 1.807) is 11.3 Å². The number of nitrogens with zero attached hydrogens (tertiary/aromatic N) is 1. The van der Waals surface area contributed by atoms with Crippen LogP contribution in [0, 0.1) is 0 Å². The number of amides is 1. The van der Waals surface area contributed by atoms with Crippen LogP contribution in [0.4, 0.5) is 0 Å². The number of hydrogen-bond acceptors (Lipinski definition) is 4. The molecule has 2 N–H and O–H groups in total. The summed E-state index contributed by atoms with van der Waals surface area (Å²) in [5.74, 6) is -1.24. The minimum Gasteiger partial charge on any atom is -0.480 e. The Balaban J connectivity index is 0.00000180. The van der Waals surface area contributed by atoms with Crippen molar-refractivity contribution in [3.05, 3.63) is 22.4 Å². The molecule has 2 rings (SSSR count). The van der Waals surface area contributed by atoms with Crippen LogP contribution in [-0.2, 0) is 16.1 Å². The highest BCUT2D eigenvalue weighted by Gasteiger charge is 2.30. The molecule has 0 aliphatic heterocycles. The van der Waals surface area contributed by atoms with Crippen LogP contribution >= 0.6 is 23.7 Å². The molecular weight excluding hydrogens is 288 g/mol. The molecule has 0 bridgehead atoms. The number of thiophene rings is 1. The molecule has 0 unspecified atom stereocenters. The van der Waals surface area contributed by atoms with Crippen LogP contribution in [0.15, 0.2) is 17.5 Å². The summed E-state index contributed by atoms with van der Waals surface area (Å²) in [4.78, 5) is 25.3. The van der Waals surface area contributed by atoms with Gasteiger partial charge in [-0.3, -0.25) is 14.5 Å². The fourth-order valence-electron chi connectivity index (χ4n) is 1.77. The van der Waals surface area contributed by atoms with E-state index in [9.17, 15) is 9.59 Å². The van der Waals surface area contributed by atoms with Gasteiger partial charge in [0.25, 0.3) is 0 Å². The second kappa shape index (κ2) is 7.47. The van der Waals surface area contributed by atoms with Crippen molar-refractivity contribution in [2.45, 2.75) is 25.4 Å². The minimum absolute atomic E-state index is 0. The molecule has 0 spiro atoms. The Kier molecular flexibility index (Phi) is 6.27. The zero-order valence-corrected chi connectivity index (χ0v) is 12.0. The average molecular weight is 305 g/mol. The Morgan fingerprint density at radius 1 is 1.47 bits per heavy atom. The maximum absolute atomic E-state index is 11.6. The summed E-state index contributed by atoms with van der Waals surface area (Å²) in [5.41, 5.74) is 0. The van der Waals surface area contributed by atoms with Gasteiger partial charge in [-0.2, -0.15) is 0 Å². The van der Waals surface area contributed by atoms with Gasteiger partial charge in [0.05, 0.1) is 6.54 Å². The minimum atomic E-state index is -1.01. The predicted molar refractivity (Wildman–Crippen MR) is 75.6 cm³/mol. The molecular formula is C12H17ClN2O3S. The van der Waals surface area contributed by atoms with Crippen molar-refractivity contribution in [3.63, 3.8) is 0 Å². The summed E-state index contributed by atoms with van der Waals surface area (Å²) in [6, 6.07) is 4.52. The molecule has 19 heavy (non-hydrogen) atoms. The third-order valence-corrected chi connectivity index (χ3v) is 3.65. The van der Waals surface area contributed by atoms with Gasteiger partial charge >= 0.3 is 5.97 Å². The normalized spacial score (nSPS) is 13.9. The van der Waals surface area contributed by atoms with Gasteiger partial charge in [0.2, 0.25) is 5.91 Å². The number of carbonyl (C=O) groups is 2. The highest BCUT2D eigenvalue weighted by molar-refractivity contribution is 7.09. The fourth-order valence-corrected chi connectivity index (χ4v) is 2.50. The number of carboxylic acids is 1. The summed E-state index contributed by atoms with van der Waals surface area (Å²) in [7, 11) is 0. The van der Waals surface area contributed by atoms with Crippen molar-refractivity contribution < 1.29 is 14.7 Å². The number of nitrogens with one attached hydrogen (secondary N) is 1. The zero-order chi connectivity index (χ0) is 13.0. The van der Waals surface area contributed by atoms with Crippen molar-refractivity contribution >= 4 is 35.6 Å². The molecule has 1 aromatic heterocycles. The number of rotatable bonds is 7. The molecule has 1 saturated carbocycles. The summed E-state index contributed by atoms with van der Waals surface area (Å²) in [6.07, 6.45) is 2.25. The van der Waals surface area contributed by atoms with Crippen LogP contribution in [-0.4, -0.2) is 41.0 Å². The number of hydrogen-bond donors (Lipinski definition) is 2. The maximum atomic E-state index is 11.6. The van der Waals surface area contributed by atoms with Crippen LogP contribution in [0.2, 0.25) is 0 Å². The molecule has 1 fully saturated rings. The first kappa shape index (κ1) is 15.9. The lowest BCUT2D eigenvalue weighted by atomic mass is 10.3. The third kappa shape index (κ3) is 5.59. The smallest absolute Gasteiger partial charge is 0.322 e. The Labute approximate surface area is 122 Å². The second-order valence-electron chi connectivity index (χ2n) is 4.39. The molecule has 0 aromatic carbocycles. The SMILES string of the molecule is Cl.O=C(O)CNC(=O)CN(Cc1cccs1)C1CC1. The average Bonchev–Trinajstić information content (AvgIpc) is 3.05. The number of carboxylic acid groups (broad SMARTS) is 1. The molecule has 1 heterocycles. The topological polar surface area (TPSA) is 69.6 Å². The van der Waals surface area contributed by atoms with Crippen LogP contribution in [0.1, 0.15) is 17.7 Å². The first-order valence-electron chi connectivity index (χ1n) is 5.90. The van der Waals surface area contributed by atoms with E-state index in [0.717, 1.165) is 19.4 Å². The lowest BCUT2D eigenvalue weighted by Gasteiger charge is -2.20. The Bertz CT molecular complexity index is 421. The van der Waals surface area contributed by atoms with Gasteiger partial charge in [-0.05, 0) is 24.3 Å². The van der Waals surface area contributed by atoms with Crippen molar-refractivity contribution in [1.29, 1.82) is 0 Å². The molecule has 1 amide bonds. The van der Waals surface area contributed by atoms with Gasteiger partial charge in [0.15, 0.2) is 0 Å². The first-order chi connectivity index (χ1) is 8.65. The van der Waals surface area contributed by atoms with Crippen molar-refractivity contribution in [1.82, 2.24) is 10.2 Å². The van der Waals surface area contributed by atoms with E-state index >= 15 is 0 Å². The van der Waals surface area contributed by atoms with E-state index < -0.39 is 5.97 Å². The van der Waals surface area contributed by atoms with Crippen LogP contribution < -0.4 is 5.32 Å². The summed E-state index contributed by atoms with van der Waals surface area (Å²) >= 11 is 1.67. The monoisotopic (exact) mass is 304 g/mol. The molecule has 1 aromatic rings. The Morgan fingerprint density at radius 3 is 2.74 bits per heavy atom. The quantitative estimate of drug-likeness (QED) is 0.797. The fraction of sp³-hybridized carbons (Fsp3) is 0.500. The molecule has 106 valence electrons. The number of halogens is 1. The summed E-state index contributed by atoms with van der Waals surface area (Å²) in [5, 5.41) is 12.9. The largest absolute Gasteiger partial charge is 0.480 e. The lowest BCUT2D eigenvalue weighted by molar-refractivity contribution is -0.138. The van der Waals surface area contributed by atoms with Crippen molar-refractivity contribution in [2.75, 3.05) is 13.1 Å². The highest BCUT2D eigenvalue weighted by atomic mass is 35.5. The van der Waals surface area contributed by atoms with Gasteiger partial charge in [-0.1, -0.05) is 6.07 Å². The van der Waals surface area contributed by atoms with E-state index in [4.69, 9.17) is 5.11 Å². The van der Waals surface area contributed by atoms with Crippen LogP contribution in [0.25, 0.3) is 0 Å². The first-order valence-corrected chi connectivity index (χ1v) is 6.78. The van der Waals surface area contributed by atoms with E-state index in [0.29, 0.717) is 6.04 Å². The Hall–Kier alpha value is -1.11. The second-order valence-corrected chi connectivity index (χ2v) is 5.42. The Morgan fingerprint density at radius 2 is 2.21 bits per heavy atom. The third-order valence-electron chi connectivity index (χ3n) is 2.79. The highest BCUT2D eigenvalue weighted by Crippen LogP contribution is 2.28. The van der Waals surface area contributed by atoms with E-state index in [-0.39, 0.29) is 31.4 Å². The molecule has 0 radical (unpaired) electrons.